The number of nitrogens with one attached hydrogen (secondary N) is 1. The van der Waals surface area contributed by atoms with E-state index in [1.807, 2.05) is 13.8 Å². The molecule has 0 saturated heterocycles. The molecule has 0 rings (SSSR count). The van der Waals surface area contributed by atoms with Gasteiger partial charge in [0.25, 0.3) is 0 Å². The largest absolute Gasteiger partial charge is 0.379 e. The maximum absolute atomic E-state index is 11.3. The number of hydrogen-bond acceptors (Lipinski definition) is 4. The zero-order valence-electron chi connectivity index (χ0n) is 12.3. The molecule has 0 heterocycles. The SMILES string of the molecule is CC(C)NCCOCCOCCCC(=O)C(C)C. The Bertz CT molecular complexity index is 205. The van der Waals surface area contributed by atoms with Gasteiger partial charge in [-0.2, -0.15) is 0 Å². The van der Waals surface area contributed by atoms with Crippen molar-refractivity contribution in [3.05, 3.63) is 0 Å². The van der Waals surface area contributed by atoms with Gasteiger partial charge in [-0.05, 0) is 6.42 Å². The molecule has 0 aromatic carbocycles. The zero-order chi connectivity index (χ0) is 13.8. The van der Waals surface area contributed by atoms with Crippen molar-refractivity contribution in [2.24, 2.45) is 5.92 Å². The van der Waals surface area contributed by atoms with Crippen LogP contribution in [0, 0.1) is 5.92 Å². The van der Waals surface area contributed by atoms with Crippen molar-refractivity contribution in [3.8, 4) is 0 Å². The molecule has 1 N–H and O–H groups in total. The van der Waals surface area contributed by atoms with E-state index >= 15 is 0 Å². The van der Waals surface area contributed by atoms with Crippen molar-refractivity contribution in [2.75, 3.05) is 33.0 Å². The topological polar surface area (TPSA) is 47.6 Å². The van der Waals surface area contributed by atoms with Gasteiger partial charge in [-0.3, -0.25) is 4.79 Å². The Labute approximate surface area is 111 Å². The van der Waals surface area contributed by atoms with Gasteiger partial charge >= 0.3 is 0 Å². The molecule has 0 aromatic rings. The molecule has 0 aromatic heterocycles. The van der Waals surface area contributed by atoms with Crippen molar-refractivity contribution in [3.63, 3.8) is 0 Å². The molecule has 108 valence electrons. The predicted octanol–water partition coefficient (Wildman–Crippen LogP) is 2.02. The number of ether oxygens (including phenoxy) is 2. The lowest BCUT2D eigenvalue weighted by Gasteiger charge is -2.09. The third kappa shape index (κ3) is 12.0. The standard InChI is InChI=1S/C14H29NO3/c1-12(2)14(16)6-5-8-17-10-11-18-9-7-15-13(3)4/h12-13,15H,5-11H2,1-4H3. The number of rotatable bonds is 12. The second-order valence-corrected chi connectivity index (χ2v) is 5.06. The second-order valence-electron chi connectivity index (χ2n) is 5.06. The van der Waals surface area contributed by atoms with Crippen molar-refractivity contribution >= 4 is 5.78 Å². The van der Waals surface area contributed by atoms with Crippen LogP contribution < -0.4 is 5.32 Å². The molecule has 0 spiro atoms. The summed E-state index contributed by atoms with van der Waals surface area (Å²) in [7, 11) is 0. The third-order valence-electron chi connectivity index (χ3n) is 2.53. The summed E-state index contributed by atoms with van der Waals surface area (Å²) >= 11 is 0. The van der Waals surface area contributed by atoms with Crippen LogP contribution in [-0.4, -0.2) is 44.8 Å². The maximum Gasteiger partial charge on any atom is 0.135 e. The highest BCUT2D eigenvalue weighted by atomic mass is 16.5. The normalized spacial score (nSPS) is 11.4. The molecule has 0 unspecified atom stereocenters. The number of carbonyl (C=O) groups excluding carboxylic acids is 1. The Hall–Kier alpha value is -0.450. The summed E-state index contributed by atoms with van der Waals surface area (Å²) in [5.41, 5.74) is 0. The first kappa shape index (κ1) is 17.6. The minimum Gasteiger partial charge on any atom is -0.379 e. The van der Waals surface area contributed by atoms with E-state index in [0.717, 1.165) is 13.0 Å². The summed E-state index contributed by atoms with van der Waals surface area (Å²) in [5.74, 6) is 0.455. The first-order valence-electron chi connectivity index (χ1n) is 6.95. The van der Waals surface area contributed by atoms with Gasteiger partial charge in [0.15, 0.2) is 0 Å². The van der Waals surface area contributed by atoms with E-state index in [4.69, 9.17) is 9.47 Å². The predicted molar refractivity (Wildman–Crippen MR) is 73.9 cm³/mol. The van der Waals surface area contributed by atoms with Crippen LogP contribution in [0.5, 0.6) is 0 Å². The van der Waals surface area contributed by atoms with Gasteiger partial charge in [0, 0.05) is 31.5 Å². The fourth-order valence-corrected chi connectivity index (χ4v) is 1.38. The molecule has 0 saturated carbocycles. The number of Topliss-reactive ketones (excluding diaryl/α,β-unsaturated/α-hetero) is 1. The Balaban J connectivity index is 3.10. The molecule has 4 heteroatoms. The first-order chi connectivity index (χ1) is 8.54. The minimum absolute atomic E-state index is 0.141. The number of ketones is 1. The quantitative estimate of drug-likeness (QED) is 0.545. The lowest BCUT2D eigenvalue weighted by Crippen LogP contribution is -2.27. The van der Waals surface area contributed by atoms with E-state index in [2.05, 4.69) is 19.2 Å². The van der Waals surface area contributed by atoms with Gasteiger partial charge in [0.1, 0.15) is 5.78 Å². The van der Waals surface area contributed by atoms with Crippen LogP contribution in [0.4, 0.5) is 0 Å². The molecule has 0 aliphatic heterocycles. The average Bonchev–Trinajstić information content (AvgIpc) is 2.30. The summed E-state index contributed by atoms with van der Waals surface area (Å²) in [6, 6.07) is 0.503. The Kier molecular flexibility index (Phi) is 11.3. The molecule has 0 radical (unpaired) electrons. The lowest BCUT2D eigenvalue weighted by atomic mass is 10.1. The van der Waals surface area contributed by atoms with Crippen LogP contribution in [-0.2, 0) is 14.3 Å². The minimum atomic E-state index is 0.141. The average molecular weight is 259 g/mol. The Morgan fingerprint density at radius 1 is 1.00 bits per heavy atom. The highest BCUT2D eigenvalue weighted by Crippen LogP contribution is 2.01. The van der Waals surface area contributed by atoms with Crippen LogP contribution in [0.1, 0.15) is 40.5 Å². The first-order valence-corrected chi connectivity index (χ1v) is 6.95. The van der Waals surface area contributed by atoms with Crippen molar-refractivity contribution in [1.82, 2.24) is 5.32 Å². The molecule has 18 heavy (non-hydrogen) atoms. The summed E-state index contributed by atoms with van der Waals surface area (Å²) < 4.78 is 10.8. The highest BCUT2D eigenvalue weighted by molar-refractivity contribution is 5.80. The smallest absolute Gasteiger partial charge is 0.135 e. The molecule has 0 atom stereocenters. The zero-order valence-corrected chi connectivity index (χ0v) is 12.3. The molecular weight excluding hydrogens is 230 g/mol. The number of carbonyl (C=O) groups is 1. The summed E-state index contributed by atoms with van der Waals surface area (Å²) in [6.45, 7) is 11.6. The Morgan fingerprint density at radius 2 is 1.61 bits per heavy atom. The summed E-state index contributed by atoms with van der Waals surface area (Å²) in [4.78, 5) is 11.3. The molecule has 0 bridgehead atoms. The van der Waals surface area contributed by atoms with E-state index in [1.165, 1.54) is 0 Å². The highest BCUT2D eigenvalue weighted by Gasteiger charge is 2.05. The van der Waals surface area contributed by atoms with Gasteiger partial charge in [0.05, 0.1) is 19.8 Å². The van der Waals surface area contributed by atoms with Crippen LogP contribution in [0.3, 0.4) is 0 Å². The van der Waals surface area contributed by atoms with Gasteiger partial charge < -0.3 is 14.8 Å². The third-order valence-corrected chi connectivity index (χ3v) is 2.53. The number of hydrogen-bond donors (Lipinski definition) is 1. The fraction of sp³-hybridized carbons (Fsp3) is 0.929. The van der Waals surface area contributed by atoms with Gasteiger partial charge in [-0.1, -0.05) is 27.7 Å². The van der Waals surface area contributed by atoms with Gasteiger partial charge in [-0.15, -0.1) is 0 Å². The van der Waals surface area contributed by atoms with E-state index in [0.29, 0.717) is 44.7 Å². The molecule has 0 aliphatic rings. The summed E-state index contributed by atoms with van der Waals surface area (Å²) in [5, 5.41) is 3.28. The van der Waals surface area contributed by atoms with Crippen molar-refractivity contribution in [2.45, 2.75) is 46.6 Å². The lowest BCUT2D eigenvalue weighted by molar-refractivity contribution is -0.122. The molecule has 4 nitrogen and oxygen atoms in total. The molecule has 0 aliphatic carbocycles. The molecular formula is C14H29NO3. The van der Waals surface area contributed by atoms with E-state index < -0.39 is 0 Å². The van der Waals surface area contributed by atoms with Gasteiger partial charge in [-0.25, -0.2) is 0 Å². The monoisotopic (exact) mass is 259 g/mol. The fourth-order valence-electron chi connectivity index (χ4n) is 1.38. The van der Waals surface area contributed by atoms with E-state index in [9.17, 15) is 4.79 Å². The maximum atomic E-state index is 11.3. The van der Waals surface area contributed by atoms with Crippen LogP contribution in [0.2, 0.25) is 0 Å². The molecule has 0 fully saturated rings. The van der Waals surface area contributed by atoms with Crippen LogP contribution >= 0.6 is 0 Å². The van der Waals surface area contributed by atoms with Crippen molar-refractivity contribution in [1.29, 1.82) is 0 Å². The Morgan fingerprint density at radius 3 is 2.17 bits per heavy atom. The van der Waals surface area contributed by atoms with Crippen molar-refractivity contribution < 1.29 is 14.3 Å². The molecule has 0 amide bonds. The van der Waals surface area contributed by atoms with Gasteiger partial charge in [0.2, 0.25) is 0 Å². The van der Waals surface area contributed by atoms with Crippen LogP contribution in [0.15, 0.2) is 0 Å². The summed E-state index contributed by atoms with van der Waals surface area (Å²) in [6.07, 6.45) is 1.43. The van der Waals surface area contributed by atoms with E-state index in [1.54, 1.807) is 0 Å². The van der Waals surface area contributed by atoms with Crippen LogP contribution in [0.25, 0.3) is 0 Å². The van der Waals surface area contributed by atoms with E-state index in [-0.39, 0.29) is 5.92 Å². The second kappa shape index (κ2) is 11.6.